The molecule has 0 spiro atoms. The van der Waals surface area contributed by atoms with Crippen molar-refractivity contribution >= 4 is 11.7 Å². The number of methoxy groups -OCH3 is 1. The first kappa shape index (κ1) is 11.9. The summed E-state index contributed by atoms with van der Waals surface area (Å²) in [5, 5.41) is 12.1. The fraction of sp³-hybridized carbons (Fsp3) is 0.500. The summed E-state index contributed by atoms with van der Waals surface area (Å²) >= 11 is 0. The van der Waals surface area contributed by atoms with E-state index in [1.807, 2.05) is 0 Å². The minimum Gasteiger partial charge on any atom is -0.477 e. The highest BCUT2D eigenvalue weighted by atomic mass is 16.5. The van der Waals surface area contributed by atoms with Crippen LogP contribution in [0.15, 0.2) is 18.3 Å². The second-order valence-electron chi connectivity index (χ2n) is 4.25. The van der Waals surface area contributed by atoms with Gasteiger partial charge in [0.05, 0.1) is 18.0 Å². The Morgan fingerprint density at radius 1 is 1.53 bits per heavy atom. The third-order valence-electron chi connectivity index (χ3n) is 3.07. The standard InChI is InChI=1S/C12H16N2O3/c1-17-10-4-2-8(6-10)14-9-3-5-11(12(15)16)13-7-9/h3,5,7-8,10,14H,2,4,6H2,1H3,(H,15,16). The normalized spacial score (nSPS) is 23.6. The Labute approximate surface area is 99.8 Å². The van der Waals surface area contributed by atoms with E-state index >= 15 is 0 Å². The highest BCUT2D eigenvalue weighted by molar-refractivity contribution is 5.85. The molecular weight excluding hydrogens is 220 g/mol. The summed E-state index contributed by atoms with van der Waals surface area (Å²) in [7, 11) is 1.73. The van der Waals surface area contributed by atoms with E-state index in [4.69, 9.17) is 9.84 Å². The lowest BCUT2D eigenvalue weighted by Crippen LogP contribution is -2.17. The van der Waals surface area contributed by atoms with Crippen molar-refractivity contribution in [1.29, 1.82) is 0 Å². The summed E-state index contributed by atoms with van der Waals surface area (Å²) in [6, 6.07) is 3.64. The van der Waals surface area contributed by atoms with E-state index in [-0.39, 0.29) is 5.69 Å². The van der Waals surface area contributed by atoms with E-state index in [0.717, 1.165) is 24.9 Å². The van der Waals surface area contributed by atoms with Crippen molar-refractivity contribution in [2.24, 2.45) is 0 Å². The van der Waals surface area contributed by atoms with Crippen LogP contribution in [0.5, 0.6) is 0 Å². The average Bonchev–Trinajstić information content (AvgIpc) is 2.77. The summed E-state index contributed by atoms with van der Waals surface area (Å²) in [4.78, 5) is 14.5. The minimum absolute atomic E-state index is 0.0664. The SMILES string of the molecule is COC1CCC(Nc2ccc(C(=O)O)nc2)C1. The van der Waals surface area contributed by atoms with E-state index in [0.29, 0.717) is 12.1 Å². The van der Waals surface area contributed by atoms with Gasteiger partial charge in [0.15, 0.2) is 0 Å². The molecule has 0 amide bonds. The quantitative estimate of drug-likeness (QED) is 0.833. The third-order valence-corrected chi connectivity index (χ3v) is 3.07. The Balaban J connectivity index is 1.93. The van der Waals surface area contributed by atoms with Crippen LogP contribution in [0.25, 0.3) is 0 Å². The van der Waals surface area contributed by atoms with Crippen molar-refractivity contribution in [2.75, 3.05) is 12.4 Å². The van der Waals surface area contributed by atoms with E-state index < -0.39 is 5.97 Å². The molecule has 2 N–H and O–H groups in total. The maximum atomic E-state index is 10.6. The second-order valence-corrected chi connectivity index (χ2v) is 4.25. The molecular formula is C12H16N2O3. The topological polar surface area (TPSA) is 71.5 Å². The van der Waals surface area contributed by atoms with Crippen molar-refractivity contribution in [1.82, 2.24) is 4.98 Å². The van der Waals surface area contributed by atoms with Gasteiger partial charge in [-0.05, 0) is 31.4 Å². The van der Waals surface area contributed by atoms with E-state index in [1.165, 1.54) is 6.07 Å². The molecule has 0 saturated heterocycles. The Morgan fingerprint density at radius 3 is 2.88 bits per heavy atom. The van der Waals surface area contributed by atoms with Crippen molar-refractivity contribution in [3.8, 4) is 0 Å². The number of aromatic carboxylic acids is 1. The zero-order valence-electron chi connectivity index (χ0n) is 9.72. The van der Waals surface area contributed by atoms with Gasteiger partial charge in [0.2, 0.25) is 0 Å². The van der Waals surface area contributed by atoms with Gasteiger partial charge in [0.1, 0.15) is 5.69 Å². The van der Waals surface area contributed by atoms with Gasteiger partial charge < -0.3 is 15.2 Å². The van der Waals surface area contributed by atoms with Crippen molar-refractivity contribution in [3.63, 3.8) is 0 Å². The molecule has 1 fully saturated rings. The van der Waals surface area contributed by atoms with Gasteiger partial charge in [0, 0.05) is 13.2 Å². The Morgan fingerprint density at radius 2 is 2.35 bits per heavy atom. The highest BCUT2D eigenvalue weighted by Gasteiger charge is 2.24. The summed E-state index contributed by atoms with van der Waals surface area (Å²) < 4.78 is 5.30. The lowest BCUT2D eigenvalue weighted by atomic mass is 10.2. The number of ether oxygens (including phenoxy) is 1. The van der Waals surface area contributed by atoms with Crippen LogP contribution in [0.1, 0.15) is 29.8 Å². The number of rotatable bonds is 4. The van der Waals surface area contributed by atoms with E-state index in [9.17, 15) is 4.79 Å². The Kier molecular flexibility index (Phi) is 3.58. The molecule has 1 aromatic heterocycles. The van der Waals surface area contributed by atoms with Gasteiger partial charge in [-0.3, -0.25) is 0 Å². The molecule has 0 bridgehead atoms. The Bertz CT molecular complexity index is 391. The van der Waals surface area contributed by atoms with Gasteiger partial charge in [-0.25, -0.2) is 9.78 Å². The first-order chi connectivity index (χ1) is 8.19. The van der Waals surface area contributed by atoms with Crippen LogP contribution >= 0.6 is 0 Å². The molecule has 0 radical (unpaired) electrons. The largest absolute Gasteiger partial charge is 0.477 e. The summed E-state index contributed by atoms with van der Waals surface area (Å²) in [5.41, 5.74) is 0.925. The van der Waals surface area contributed by atoms with Gasteiger partial charge in [-0.2, -0.15) is 0 Å². The number of nitrogens with zero attached hydrogens (tertiary/aromatic N) is 1. The maximum Gasteiger partial charge on any atom is 0.354 e. The maximum absolute atomic E-state index is 10.6. The zero-order valence-corrected chi connectivity index (χ0v) is 9.72. The van der Waals surface area contributed by atoms with Gasteiger partial charge >= 0.3 is 5.97 Å². The fourth-order valence-electron chi connectivity index (χ4n) is 2.13. The molecule has 1 heterocycles. The second kappa shape index (κ2) is 5.14. The molecule has 1 aromatic rings. The molecule has 2 unspecified atom stereocenters. The number of carbonyl (C=O) groups is 1. The average molecular weight is 236 g/mol. The van der Waals surface area contributed by atoms with Crippen LogP contribution in [0.2, 0.25) is 0 Å². The number of hydrogen-bond acceptors (Lipinski definition) is 4. The lowest BCUT2D eigenvalue weighted by Gasteiger charge is -2.13. The van der Waals surface area contributed by atoms with Crippen molar-refractivity contribution < 1.29 is 14.6 Å². The molecule has 17 heavy (non-hydrogen) atoms. The monoisotopic (exact) mass is 236 g/mol. The molecule has 2 rings (SSSR count). The van der Waals surface area contributed by atoms with Crippen LogP contribution in [0.4, 0.5) is 5.69 Å². The van der Waals surface area contributed by atoms with Crippen LogP contribution in [-0.2, 0) is 4.74 Å². The predicted molar refractivity (Wildman–Crippen MR) is 63.3 cm³/mol. The van der Waals surface area contributed by atoms with E-state index in [1.54, 1.807) is 19.4 Å². The van der Waals surface area contributed by atoms with Crippen molar-refractivity contribution in [3.05, 3.63) is 24.0 Å². The number of nitrogens with one attached hydrogen (secondary N) is 1. The lowest BCUT2D eigenvalue weighted by molar-refractivity contribution is 0.0690. The molecule has 1 aliphatic carbocycles. The number of hydrogen-bond donors (Lipinski definition) is 2. The third kappa shape index (κ3) is 2.94. The zero-order chi connectivity index (χ0) is 12.3. The molecule has 0 aliphatic heterocycles. The van der Waals surface area contributed by atoms with Crippen LogP contribution in [-0.4, -0.2) is 35.3 Å². The first-order valence-electron chi connectivity index (χ1n) is 5.67. The summed E-state index contributed by atoms with van der Waals surface area (Å²) in [6.07, 6.45) is 5.01. The number of pyridine rings is 1. The number of aromatic nitrogens is 1. The van der Waals surface area contributed by atoms with Gasteiger partial charge in [-0.1, -0.05) is 0 Å². The summed E-state index contributed by atoms with van der Waals surface area (Å²) in [6.45, 7) is 0. The molecule has 0 aromatic carbocycles. The molecule has 92 valence electrons. The van der Waals surface area contributed by atoms with Crippen LogP contribution in [0, 0.1) is 0 Å². The Hall–Kier alpha value is -1.62. The molecule has 2 atom stereocenters. The minimum atomic E-state index is -1.00. The molecule has 1 aliphatic rings. The predicted octanol–water partition coefficient (Wildman–Crippen LogP) is 1.76. The summed E-state index contributed by atoms with van der Waals surface area (Å²) in [5.74, 6) is -1.00. The number of carboxylic acid groups (broad SMARTS) is 1. The van der Waals surface area contributed by atoms with E-state index in [2.05, 4.69) is 10.3 Å². The van der Waals surface area contributed by atoms with Gasteiger partial charge in [0.25, 0.3) is 0 Å². The van der Waals surface area contributed by atoms with Crippen LogP contribution < -0.4 is 5.32 Å². The smallest absolute Gasteiger partial charge is 0.354 e. The molecule has 1 saturated carbocycles. The fourth-order valence-corrected chi connectivity index (χ4v) is 2.13. The number of carboxylic acids is 1. The first-order valence-corrected chi connectivity index (χ1v) is 5.67. The molecule has 5 nitrogen and oxygen atoms in total. The van der Waals surface area contributed by atoms with Gasteiger partial charge in [-0.15, -0.1) is 0 Å². The highest BCUT2D eigenvalue weighted by Crippen LogP contribution is 2.24. The molecule has 5 heteroatoms. The number of anilines is 1. The van der Waals surface area contributed by atoms with Crippen LogP contribution in [0.3, 0.4) is 0 Å². The van der Waals surface area contributed by atoms with Crippen molar-refractivity contribution in [2.45, 2.75) is 31.4 Å².